The summed E-state index contributed by atoms with van der Waals surface area (Å²) >= 11 is 0. The standard InChI is InChI=1S/C14H21N/c1-4-5-9-13(3)15-11-14-10-7-6-8-12(14)2/h4,6-8,10,13,15H,1,5,9,11H2,2-3H3/t13-/m1/s1. The molecule has 1 heteroatoms. The lowest BCUT2D eigenvalue weighted by Crippen LogP contribution is -2.25. The van der Waals surface area contributed by atoms with E-state index in [9.17, 15) is 0 Å². The number of hydrogen-bond donors (Lipinski definition) is 1. The van der Waals surface area contributed by atoms with Crippen LogP contribution in [0.15, 0.2) is 36.9 Å². The minimum Gasteiger partial charge on any atom is -0.310 e. The molecule has 0 saturated heterocycles. The molecule has 1 nitrogen and oxygen atoms in total. The van der Waals surface area contributed by atoms with Crippen molar-refractivity contribution in [3.05, 3.63) is 48.0 Å². The molecule has 0 fully saturated rings. The van der Waals surface area contributed by atoms with Crippen molar-refractivity contribution in [2.75, 3.05) is 0 Å². The predicted octanol–water partition coefficient (Wildman–Crippen LogP) is 3.44. The number of rotatable bonds is 6. The van der Waals surface area contributed by atoms with Crippen LogP contribution in [-0.4, -0.2) is 6.04 Å². The van der Waals surface area contributed by atoms with E-state index in [2.05, 4.69) is 50.0 Å². The van der Waals surface area contributed by atoms with Crippen molar-refractivity contribution < 1.29 is 0 Å². The lowest BCUT2D eigenvalue weighted by molar-refractivity contribution is 0.517. The summed E-state index contributed by atoms with van der Waals surface area (Å²) < 4.78 is 0. The van der Waals surface area contributed by atoms with Crippen molar-refractivity contribution in [3.63, 3.8) is 0 Å². The maximum Gasteiger partial charge on any atom is 0.0210 e. The molecule has 0 bridgehead atoms. The molecule has 0 aromatic heterocycles. The number of benzene rings is 1. The van der Waals surface area contributed by atoms with Crippen LogP contribution in [0.5, 0.6) is 0 Å². The second kappa shape index (κ2) is 6.41. The van der Waals surface area contributed by atoms with Crippen LogP contribution in [0.2, 0.25) is 0 Å². The second-order valence-electron chi connectivity index (χ2n) is 4.07. The van der Waals surface area contributed by atoms with Gasteiger partial charge in [0.25, 0.3) is 0 Å². The van der Waals surface area contributed by atoms with Gasteiger partial charge in [-0.1, -0.05) is 30.3 Å². The molecule has 82 valence electrons. The molecule has 0 aliphatic heterocycles. The van der Waals surface area contributed by atoms with E-state index in [4.69, 9.17) is 0 Å². The first-order chi connectivity index (χ1) is 7.24. The lowest BCUT2D eigenvalue weighted by Gasteiger charge is -2.13. The Bertz CT molecular complexity index is 304. The van der Waals surface area contributed by atoms with E-state index < -0.39 is 0 Å². The third-order valence-corrected chi connectivity index (χ3v) is 2.71. The highest BCUT2D eigenvalue weighted by Gasteiger charge is 2.01. The molecule has 1 rings (SSSR count). The van der Waals surface area contributed by atoms with E-state index >= 15 is 0 Å². The lowest BCUT2D eigenvalue weighted by atomic mass is 10.1. The quantitative estimate of drug-likeness (QED) is 0.698. The number of allylic oxidation sites excluding steroid dienone is 1. The highest BCUT2D eigenvalue weighted by Crippen LogP contribution is 2.07. The van der Waals surface area contributed by atoms with E-state index in [1.54, 1.807) is 0 Å². The largest absolute Gasteiger partial charge is 0.310 e. The average Bonchev–Trinajstić information content (AvgIpc) is 2.25. The summed E-state index contributed by atoms with van der Waals surface area (Å²) in [5.41, 5.74) is 2.75. The van der Waals surface area contributed by atoms with Crippen LogP contribution in [0.4, 0.5) is 0 Å². The van der Waals surface area contributed by atoms with Gasteiger partial charge in [-0.15, -0.1) is 6.58 Å². The maximum atomic E-state index is 3.74. The van der Waals surface area contributed by atoms with Crippen LogP contribution in [-0.2, 0) is 6.54 Å². The van der Waals surface area contributed by atoms with Crippen LogP contribution in [0.1, 0.15) is 30.9 Å². The number of hydrogen-bond acceptors (Lipinski definition) is 1. The average molecular weight is 203 g/mol. The van der Waals surface area contributed by atoms with E-state index in [1.807, 2.05) is 6.08 Å². The zero-order valence-electron chi connectivity index (χ0n) is 9.79. The summed E-state index contributed by atoms with van der Waals surface area (Å²) in [5, 5.41) is 3.53. The molecule has 15 heavy (non-hydrogen) atoms. The smallest absolute Gasteiger partial charge is 0.0210 e. The molecule has 0 saturated carbocycles. The molecule has 1 aromatic rings. The van der Waals surface area contributed by atoms with Gasteiger partial charge in [0.2, 0.25) is 0 Å². The Balaban J connectivity index is 2.36. The Morgan fingerprint density at radius 3 is 2.80 bits per heavy atom. The molecule has 0 radical (unpaired) electrons. The molecule has 0 aliphatic carbocycles. The maximum absolute atomic E-state index is 3.74. The van der Waals surface area contributed by atoms with E-state index in [0.29, 0.717) is 6.04 Å². The zero-order valence-corrected chi connectivity index (χ0v) is 9.79. The topological polar surface area (TPSA) is 12.0 Å². The fourth-order valence-electron chi connectivity index (χ4n) is 1.56. The van der Waals surface area contributed by atoms with Gasteiger partial charge in [-0.05, 0) is 37.8 Å². The van der Waals surface area contributed by atoms with E-state index in [1.165, 1.54) is 11.1 Å². The Kier molecular flexibility index (Phi) is 5.13. The molecule has 1 aromatic carbocycles. The van der Waals surface area contributed by atoms with Gasteiger partial charge in [-0.2, -0.15) is 0 Å². The Morgan fingerprint density at radius 1 is 1.40 bits per heavy atom. The van der Waals surface area contributed by atoms with Crippen LogP contribution in [0, 0.1) is 6.92 Å². The molecular formula is C14H21N. The second-order valence-corrected chi connectivity index (χ2v) is 4.07. The predicted molar refractivity (Wildman–Crippen MR) is 66.9 cm³/mol. The first-order valence-corrected chi connectivity index (χ1v) is 5.63. The third-order valence-electron chi connectivity index (χ3n) is 2.71. The number of aryl methyl sites for hydroxylation is 1. The molecular weight excluding hydrogens is 182 g/mol. The van der Waals surface area contributed by atoms with Crippen molar-refractivity contribution in [2.24, 2.45) is 0 Å². The van der Waals surface area contributed by atoms with Crippen molar-refractivity contribution in [3.8, 4) is 0 Å². The molecule has 0 aliphatic rings. The molecule has 0 heterocycles. The summed E-state index contributed by atoms with van der Waals surface area (Å²) in [6.45, 7) is 9.08. The highest BCUT2D eigenvalue weighted by molar-refractivity contribution is 5.25. The zero-order chi connectivity index (χ0) is 11.1. The van der Waals surface area contributed by atoms with E-state index in [0.717, 1.165) is 19.4 Å². The van der Waals surface area contributed by atoms with Crippen molar-refractivity contribution in [1.29, 1.82) is 0 Å². The Hall–Kier alpha value is -1.08. The SMILES string of the molecule is C=CCC[C@@H](C)NCc1ccccc1C. The number of nitrogens with one attached hydrogen (secondary N) is 1. The molecule has 1 atom stereocenters. The van der Waals surface area contributed by atoms with Crippen molar-refractivity contribution >= 4 is 0 Å². The van der Waals surface area contributed by atoms with Crippen LogP contribution in [0.3, 0.4) is 0 Å². The summed E-state index contributed by atoms with van der Waals surface area (Å²) in [4.78, 5) is 0. The summed E-state index contributed by atoms with van der Waals surface area (Å²) in [6.07, 6.45) is 4.23. The van der Waals surface area contributed by atoms with Crippen molar-refractivity contribution in [1.82, 2.24) is 5.32 Å². The van der Waals surface area contributed by atoms with Crippen LogP contribution >= 0.6 is 0 Å². The van der Waals surface area contributed by atoms with Crippen molar-refractivity contribution in [2.45, 2.75) is 39.3 Å². The van der Waals surface area contributed by atoms with Gasteiger partial charge in [-0.25, -0.2) is 0 Å². The first kappa shape index (κ1) is 12.0. The minimum absolute atomic E-state index is 0.558. The normalized spacial score (nSPS) is 12.4. The van der Waals surface area contributed by atoms with Gasteiger partial charge in [0.05, 0.1) is 0 Å². The molecule has 1 N–H and O–H groups in total. The van der Waals surface area contributed by atoms with Crippen LogP contribution < -0.4 is 5.32 Å². The summed E-state index contributed by atoms with van der Waals surface area (Å²) in [6, 6.07) is 9.08. The molecule has 0 amide bonds. The van der Waals surface area contributed by atoms with Gasteiger partial charge < -0.3 is 5.32 Å². The minimum atomic E-state index is 0.558. The van der Waals surface area contributed by atoms with Gasteiger partial charge in [0.15, 0.2) is 0 Å². The third kappa shape index (κ3) is 4.30. The van der Waals surface area contributed by atoms with Gasteiger partial charge in [-0.3, -0.25) is 0 Å². The Morgan fingerprint density at radius 2 is 2.13 bits per heavy atom. The molecule has 0 unspecified atom stereocenters. The first-order valence-electron chi connectivity index (χ1n) is 5.63. The summed E-state index contributed by atoms with van der Waals surface area (Å²) in [5.74, 6) is 0. The van der Waals surface area contributed by atoms with Gasteiger partial charge >= 0.3 is 0 Å². The van der Waals surface area contributed by atoms with Gasteiger partial charge in [0, 0.05) is 12.6 Å². The van der Waals surface area contributed by atoms with Crippen LogP contribution in [0.25, 0.3) is 0 Å². The monoisotopic (exact) mass is 203 g/mol. The molecule has 0 spiro atoms. The van der Waals surface area contributed by atoms with E-state index in [-0.39, 0.29) is 0 Å². The fraction of sp³-hybridized carbons (Fsp3) is 0.429. The Labute approximate surface area is 93.2 Å². The highest BCUT2D eigenvalue weighted by atomic mass is 14.9. The summed E-state index contributed by atoms with van der Waals surface area (Å²) in [7, 11) is 0. The van der Waals surface area contributed by atoms with Gasteiger partial charge in [0.1, 0.15) is 0 Å². The fourth-order valence-corrected chi connectivity index (χ4v) is 1.56.